The molecular formula is C24H25N3O4. The molecule has 0 saturated carbocycles. The van der Waals surface area contributed by atoms with Gasteiger partial charge in [0.05, 0.1) is 11.3 Å². The Morgan fingerprint density at radius 1 is 1.10 bits per heavy atom. The van der Waals surface area contributed by atoms with Crippen LogP contribution in [-0.4, -0.2) is 40.6 Å². The molecule has 1 N–H and O–H groups in total. The smallest absolute Gasteiger partial charge is 0.271 e. The highest BCUT2D eigenvalue weighted by Gasteiger charge is 2.60. The van der Waals surface area contributed by atoms with Crippen molar-refractivity contribution < 1.29 is 19.2 Å². The van der Waals surface area contributed by atoms with E-state index < -0.39 is 11.6 Å². The van der Waals surface area contributed by atoms with Crippen molar-refractivity contribution in [1.29, 1.82) is 0 Å². The standard InChI is InChI=1S/C24H25N3O4/c1-3-4-14-26-22(30)19-10-5-6-11-20(19)27-21(29)12-13-24(26,27)23(31)25-18-9-7-8-17(15-18)16(2)28/h5-11,15H,3-4,12-14H2,1-2H3,(H,25,31). The molecule has 1 fully saturated rings. The summed E-state index contributed by atoms with van der Waals surface area (Å²) < 4.78 is 0. The lowest BCUT2D eigenvalue weighted by Crippen LogP contribution is -2.69. The van der Waals surface area contributed by atoms with Crippen molar-refractivity contribution in [2.24, 2.45) is 0 Å². The molecular weight excluding hydrogens is 394 g/mol. The Labute approximate surface area is 181 Å². The van der Waals surface area contributed by atoms with Crippen molar-refractivity contribution in [2.45, 2.75) is 45.2 Å². The number of nitrogens with zero attached hydrogens (tertiary/aromatic N) is 2. The molecule has 3 amide bonds. The van der Waals surface area contributed by atoms with Crippen molar-refractivity contribution in [1.82, 2.24) is 4.90 Å². The zero-order valence-corrected chi connectivity index (χ0v) is 17.7. The maximum absolute atomic E-state index is 13.7. The van der Waals surface area contributed by atoms with E-state index in [-0.39, 0.29) is 30.4 Å². The second kappa shape index (κ2) is 7.98. The molecule has 2 aromatic rings. The van der Waals surface area contributed by atoms with Gasteiger partial charge < -0.3 is 10.2 Å². The van der Waals surface area contributed by atoms with Gasteiger partial charge in [0.2, 0.25) is 11.6 Å². The van der Waals surface area contributed by atoms with Gasteiger partial charge >= 0.3 is 0 Å². The number of anilines is 2. The summed E-state index contributed by atoms with van der Waals surface area (Å²) in [6.45, 7) is 3.84. The number of Topliss-reactive ketones (excluding diaryl/α,β-unsaturated/α-hetero) is 1. The summed E-state index contributed by atoms with van der Waals surface area (Å²) in [6.07, 6.45) is 1.95. The van der Waals surface area contributed by atoms with Crippen LogP contribution in [0.15, 0.2) is 48.5 Å². The molecule has 4 rings (SSSR count). The molecule has 160 valence electrons. The van der Waals surface area contributed by atoms with Crippen LogP contribution in [0.5, 0.6) is 0 Å². The lowest BCUT2D eigenvalue weighted by Gasteiger charge is -2.49. The fourth-order valence-electron chi connectivity index (χ4n) is 4.45. The first-order valence-electron chi connectivity index (χ1n) is 10.6. The summed E-state index contributed by atoms with van der Waals surface area (Å²) in [7, 11) is 0. The Kier molecular flexibility index (Phi) is 5.35. The number of carbonyl (C=O) groups is 4. The van der Waals surface area contributed by atoms with E-state index in [2.05, 4.69) is 5.32 Å². The number of hydrogen-bond donors (Lipinski definition) is 1. The number of fused-ring (bicyclic) bond motifs is 3. The molecule has 1 saturated heterocycles. The van der Waals surface area contributed by atoms with Gasteiger partial charge in [0.1, 0.15) is 0 Å². The highest BCUT2D eigenvalue weighted by molar-refractivity contribution is 6.18. The number of amides is 3. The predicted octanol–water partition coefficient (Wildman–Crippen LogP) is 3.61. The second-order valence-electron chi connectivity index (χ2n) is 7.96. The number of carbonyl (C=O) groups excluding carboxylic acids is 4. The molecule has 1 unspecified atom stereocenters. The Hall–Kier alpha value is -3.48. The first kappa shape index (κ1) is 20.8. The van der Waals surface area contributed by atoms with Crippen LogP contribution in [0.3, 0.4) is 0 Å². The van der Waals surface area contributed by atoms with Crippen LogP contribution < -0.4 is 10.2 Å². The third-order valence-electron chi connectivity index (χ3n) is 6.00. The molecule has 2 aromatic carbocycles. The number of nitrogens with one attached hydrogen (secondary N) is 1. The van der Waals surface area contributed by atoms with Gasteiger partial charge in [0.15, 0.2) is 5.78 Å². The molecule has 7 heteroatoms. The molecule has 0 aromatic heterocycles. The minimum atomic E-state index is -1.43. The van der Waals surface area contributed by atoms with Crippen LogP contribution in [0.25, 0.3) is 0 Å². The molecule has 31 heavy (non-hydrogen) atoms. The van der Waals surface area contributed by atoms with Crippen LogP contribution >= 0.6 is 0 Å². The lowest BCUT2D eigenvalue weighted by atomic mass is 9.95. The first-order chi connectivity index (χ1) is 14.9. The van der Waals surface area contributed by atoms with Crippen molar-refractivity contribution in [3.63, 3.8) is 0 Å². The SMILES string of the molecule is CCCCN1C(=O)c2ccccc2N2C(=O)CCC12C(=O)Nc1cccc(C(C)=O)c1. The molecule has 2 heterocycles. The Bertz CT molecular complexity index is 1080. The van der Waals surface area contributed by atoms with Crippen LogP contribution in [0.1, 0.15) is 60.2 Å². The molecule has 7 nitrogen and oxygen atoms in total. The molecule has 0 aliphatic carbocycles. The van der Waals surface area contributed by atoms with Gasteiger partial charge in [-0.1, -0.05) is 37.6 Å². The largest absolute Gasteiger partial charge is 0.322 e. The molecule has 0 spiro atoms. The van der Waals surface area contributed by atoms with Crippen LogP contribution in [0, 0.1) is 0 Å². The normalized spacial score (nSPS) is 19.8. The Balaban J connectivity index is 1.80. The van der Waals surface area contributed by atoms with Gasteiger partial charge in [0, 0.05) is 30.6 Å². The number of hydrogen-bond acceptors (Lipinski definition) is 4. The average Bonchev–Trinajstić information content (AvgIpc) is 3.12. The molecule has 2 aliphatic heterocycles. The topological polar surface area (TPSA) is 86.8 Å². The van der Waals surface area contributed by atoms with E-state index in [4.69, 9.17) is 0 Å². The zero-order valence-electron chi connectivity index (χ0n) is 17.7. The zero-order chi connectivity index (χ0) is 22.2. The van der Waals surface area contributed by atoms with Gasteiger partial charge in [-0.2, -0.15) is 0 Å². The van der Waals surface area contributed by atoms with Crippen molar-refractivity contribution in [3.8, 4) is 0 Å². The Morgan fingerprint density at radius 2 is 1.87 bits per heavy atom. The molecule has 2 aliphatic rings. The number of ketones is 1. The maximum Gasteiger partial charge on any atom is 0.271 e. The number of para-hydroxylation sites is 1. The summed E-state index contributed by atoms with van der Waals surface area (Å²) in [4.78, 5) is 54.9. The summed E-state index contributed by atoms with van der Waals surface area (Å²) in [5.74, 6) is -0.993. The van der Waals surface area contributed by atoms with E-state index in [1.807, 2.05) is 6.92 Å². The van der Waals surface area contributed by atoms with E-state index in [1.54, 1.807) is 53.4 Å². The summed E-state index contributed by atoms with van der Waals surface area (Å²) >= 11 is 0. The molecule has 0 bridgehead atoms. The van der Waals surface area contributed by atoms with E-state index >= 15 is 0 Å². The van der Waals surface area contributed by atoms with Crippen LogP contribution in [-0.2, 0) is 9.59 Å². The highest BCUT2D eigenvalue weighted by Crippen LogP contribution is 2.45. The van der Waals surface area contributed by atoms with Crippen molar-refractivity contribution in [3.05, 3.63) is 59.7 Å². The van der Waals surface area contributed by atoms with Gasteiger partial charge in [0.25, 0.3) is 11.8 Å². The minimum Gasteiger partial charge on any atom is -0.322 e. The molecule has 1 atom stereocenters. The summed E-state index contributed by atoms with van der Waals surface area (Å²) in [5.41, 5.74) is 0.395. The minimum absolute atomic E-state index is 0.113. The maximum atomic E-state index is 13.7. The lowest BCUT2D eigenvalue weighted by molar-refractivity contribution is -0.129. The van der Waals surface area contributed by atoms with E-state index in [0.29, 0.717) is 35.5 Å². The summed E-state index contributed by atoms with van der Waals surface area (Å²) in [5, 5.41) is 2.87. The van der Waals surface area contributed by atoms with Gasteiger partial charge in [-0.25, -0.2) is 0 Å². The third kappa shape index (κ3) is 3.30. The van der Waals surface area contributed by atoms with Crippen LogP contribution in [0.2, 0.25) is 0 Å². The Morgan fingerprint density at radius 3 is 2.61 bits per heavy atom. The number of benzene rings is 2. The number of rotatable bonds is 6. The van der Waals surface area contributed by atoms with Crippen molar-refractivity contribution in [2.75, 3.05) is 16.8 Å². The van der Waals surface area contributed by atoms with E-state index in [1.165, 1.54) is 11.8 Å². The van der Waals surface area contributed by atoms with Gasteiger partial charge in [-0.15, -0.1) is 0 Å². The van der Waals surface area contributed by atoms with Crippen LogP contribution in [0.4, 0.5) is 11.4 Å². The second-order valence-corrected chi connectivity index (χ2v) is 7.96. The third-order valence-corrected chi connectivity index (χ3v) is 6.00. The highest BCUT2D eigenvalue weighted by atomic mass is 16.2. The average molecular weight is 419 g/mol. The van der Waals surface area contributed by atoms with E-state index in [0.717, 1.165) is 6.42 Å². The summed E-state index contributed by atoms with van der Waals surface area (Å²) in [6, 6.07) is 13.6. The number of unbranched alkanes of at least 4 members (excludes halogenated alkanes) is 1. The molecule has 0 radical (unpaired) electrons. The fourth-order valence-corrected chi connectivity index (χ4v) is 4.45. The van der Waals surface area contributed by atoms with Gasteiger partial charge in [-0.3, -0.25) is 24.1 Å². The predicted molar refractivity (Wildman–Crippen MR) is 117 cm³/mol. The first-order valence-corrected chi connectivity index (χ1v) is 10.6. The van der Waals surface area contributed by atoms with E-state index in [9.17, 15) is 19.2 Å². The monoisotopic (exact) mass is 419 g/mol. The van der Waals surface area contributed by atoms with Gasteiger partial charge in [-0.05, 0) is 37.6 Å². The fraction of sp³-hybridized carbons (Fsp3) is 0.333. The van der Waals surface area contributed by atoms with Crippen molar-refractivity contribution >= 4 is 34.9 Å². The quantitative estimate of drug-likeness (QED) is 0.725.